The molecule has 3 atom stereocenters. The average molecular weight is 232 g/mol. The maximum Gasteiger partial charge on any atom is 0.307 e. The van der Waals surface area contributed by atoms with E-state index < -0.39 is 5.97 Å². The Morgan fingerprint density at radius 2 is 2.33 bits per heavy atom. The van der Waals surface area contributed by atoms with Gasteiger partial charge in [0.15, 0.2) is 0 Å². The second kappa shape index (κ2) is 6.38. The van der Waals surface area contributed by atoms with Gasteiger partial charge in [-0.25, -0.2) is 0 Å². The zero-order chi connectivity index (χ0) is 11.3. The van der Waals surface area contributed by atoms with E-state index >= 15 is 0 Å². The van der Waals surface area contributed by atoms with Gasteiger partial charge in [-0.2, -0.15) is 11.8 Å². The van der Waals surface area contributed by atoms with Crippen LogP contribution in [0.3, 0.4) is 0 Å². The number of thioether (sulfide) groups is 1. The number of methoxy groups -OCH3 is 1. The molecular weight excluding hydrogens is 212 g/mol. The van der Waals surface area contributed by atoms with E-state index in [4.69, 9.17) is 9.84 Å². The maximum atomic E-state index is 10.7. The van der Waals surface area contributed by atoms with E-state index in [9.17, 15) is 4.79 Å². The van der Waals surface area contributed by atoms with Gasteiger partial charge in [-0.1, -0.05) is 6.92 Å². The monoisotopic (exact) mass is 232 g/mol. The summed E-state index contributed by atoms with van der Waals surface area (Å²) in [4.78, 5) is 10.7. The quantitative estimate of drug-likeness (QED) is 0.790. The molecule has 0 saturated heterocycles. The van der Waals surface area contributed by atoms with Crippen LogP contribution in [0.5, 0.6) is 0 Å². The molecule has 0 aromatic carbocycles. The molecule has 0 aliphatic heterocycles. The first kappa shape index (κ1) is 12.8. The van der Waals surface area contributed by atoms with Gasteiger partial charge in [0.25, 0.3) is 0 Å². The van der Waals surface area contributed by atoms with Crippen LogP contribution in [-0.4, -0.2) is 35.3 Å². The third kappa shape index (κ3) is 4.43. The molecular formula is C11H20O3S. The van der Waals surface area contributed by atoms with Gasteiger partial charge in [-0.05, 0) is 25.7 Å². The lowest BCUT2D eigenvalue weighted by atomic mass is 9.97. The first-order chi connectivity index (χ1) is 7.13. The normalized spacial score (nSPS) is 28.7. The van der Waals surface area contributed by atoms with Gasteiger partial charge >= 0.3 is 5.97 Å². The Morgan fingerprint density at radius 3 is 2.93 bits per heavy atom. The lowest BCUT2D eigenvalue weighted by Crippen LogP contribution is -2.24. The topological polar surface area (TPSA) is 46.5 Å². The molecule has 3 unspecified atom stereocenters. The number of hydrogen-bond donors (Lipinski definition) is 1. The third-order valence-electron chi connectivity index (χ3n) is 2.91. The Morgan fingerprint density at radius 1 is 1.60 bits per heavy atom. The third-order valence-corrected chi connectivity index (χ3v) is 4.51. The molecule has 1 aliphatic carbocycles. The summed E-state index contributed by atoms with van der Waals surface area (Å²) >= 11 is 1.79. The van der Waals surface area contributed by atoms with Crippen LogP contribution in [0.4, 0.5) is 0 Å². The Bertz CT molecular complexity index is 208. The van der Waals surface area contributed by atoms with Crippen molar-refractivity contribution in [2.45, 2.75) is 44.0 Å². The predicted octanol–water partition coefficient (Wildman–Crippen LogP) is 2.40. The average Bonchev–Trinajstić information content (AvgIpc) is 2.26. The summed E-state index contributed by atoms with van der Waals surface area (Å²) in [6.45, 7) is 1.77. The highest BCUT2D eigenvalue weighted by Crippen LogP contribution is 2.30. The minimum Gasteiger partial charge on any atom is -0.481 e. The first-order valence-corrected chi connectivity index (χ1v) is 6.55. The number of carboxylic acids is 1. The molecule has 1 rings (SSSR count). The molecule has 0 aromatic rings. The van der Waals surface area contributed by atoms with Gasteiger partial charge < -0.3 is 9.84 Å². The lowest BCUT2D eigenvalue weighted by molar-refractivity contribution is -0.140. The number of carboxylic acid groups (broad SMARTS) is 1. The van der Waals surface area contributed by atoms with Crippen LogP contribution in [0.2, 0.25) is 0 Å². The molecule has 15 heavy (non-hydrogen) atoms. The number of rotatable bonds is 5. The predicted molar refractivity (Wildman–Crippen MR) is 62.3 cm³/mol. The van der Waals surface area contributed by atoms with Crippen LogP contribution in [0.25, 0.3) is 0 Å². The SMILES string of the molecule is COC1CCCC(SCC(C)C(=O)O)C1. The highest BCUT2D eigenvalue weighted by Gasteiger charge is 2.23. The molecule has 1 aliphatic rings. The lowest BCUT2D eigenvalue weighted by Gasteiger charge is -2.28. The van der Waals surface area contributed by atoms with Crippen LogP contribution in [-0.2, 0) is 9.53 Å². The Balaban J connectivity index is 2.23. The molecule has 0 radical (unpaired) electrons. The van der Waals surface area contributed by atoms with E-state index in [-0.39, 0.29) is 5.92 Å². The highest BCUT2D eigenvalue weighted by molar-refractivity contribution is 7.99. The molecule has 0 aromatic heterocycles. The number of ether oxygens (including phenoxy) is 1. The summed E-state index contributed by atoms with van der Waals surface area (Å²) in [6.07, 6.45) is 5.03. The fourth-order valence-corrected chi connectivity index (χ4v) is 3.21. The van der Waals surface area contributed by atoms with Crippen LogP contribution in [0.15, 0.2) is 0 Å². The van der Waals surface area contributed by atoms with Crippen LogP contribution in [0.1, 0.15) is 32.6 Å². The Hall–Kier alpha value is -0.220. The van der Waals surface area contributed by atoms with Gasteiger partial charge in [0.1, 0.15) is 0 Å². The Kier molecular flexibility index (Phi) is 5.47. The molecule has 0 heterocycles. The molecule has 0 spiro atoms. The summed E-state index contributed by atoms with van der Waals surface area (Å²) in [7, 11) is 1.76. The van der Waals surface area contributed by atoms with Crippen molar-refractivity contribution >= 4 is 17.7 Å². The number of carbonyl (C=O) groups is 1. The highest BCUT2D eigenvalue weighted by atomic mass is 32.2. The largest absolute Gasteiger partial charge is 0.481 e. The van der Waals surface area contributed by atoms with E-state index in [1.54, 1.807) is 25.8 Å². The van der Waals surface area contributed by atoms with Crippen molar-refractivity contribution < 1.29 is 14.6 Å². The van der Waals surface area contributed by atoms with Crippen molar-refractivity contribution in [1.29, 1.82) is 0 Å². The van der Waals surface area contributed by atoms with E-state index in [2.05, 4.69) is 0 Å². The van der Waals surface area contributed by atoms with Crippen LogP contribution >= 0.6 is 11.8 Å². The summed E-state index contributed by atoms with van der Waals surface area (Å²) < 4.78 is 5.35. The van der Waals surface area contributed by atoms with Crippen molar-refractivity contribution in [1.82, 2.24) is 0 Å². The molecule has 1 N–H and O–H groups in total. The summed E-state index contributed by atoms with van der Waals surface area (Å²) in [5.74, 6) is -0.212. The van der Waals surface area contributed by atoms with Crippen molar-refractivity contribution in [2.75, 3.05) is 12.9 Å². The van der Waals surface area contributed by atoms with Gasteiger partial charge in [-0.3, -0.25) is 4.79 Å². The van der Waals surface area contributed by atoms with Crippen molar-refractivity contribution in [2.24, 2.45) is 5.92 Å². The van der Waals surface area contributed by atoms with Crippen LogP contribution in [0, 0.1) is 5.92 Å². The smallest absolute Gasteiger partial charge is 0.307 e. The van der Waals surface area contributed by atoms with Crippen molar-refractivity contribution in [3.63, 3.8) is 0 Å². The summed E-state index contributed by atoms with van der Waals surface area (Å²) in [5.41, 5.74) is 0. The van der Waals surface area contributed by atoms with Crippen molar-refractivity contribution in [3.05, 3.63) is 0 Å². The molecule has 88 valence electrons. The van der Waals surface area contributed by atoms with Crippen molar-refractivity contribution in [3.8, 4) is 0 Å². The second-order valence-corrected chi connectivity index (χ2v) is 5.55. The molecule has 0 bridgehead atoms. The minimum atomic E-state index is -0.693. The zero-order valence-corrected chi connectivity index (χ0v) is 10.3. The molecule has 3 nitrogen and oxygen atoms in total. The Labute approximate surface area is 95.6 Å². The van der Waals surface area contributed by atoms with E-state index in [1.165, 1.54) is 12.8 Å². The molecule has 1 saturated carbocycles. The fraction of sp³-hybridized carbons (Fsp3) is 0.909. The van der Waals surface area contributed by atoms with Gasteiger partial charge in [-0.15, -0.1) is 0 Å². The minimum absolute atomic E-state index is 0.238. The number of aliphatic carboxylic acids is 1. The summed E-state index contributed by atoms with van der Waals surface area (Å²) in [6, 6.07) is 0. The molecule has 4 heteroatoms. The summed E-state index contributed by atoms with van der Waals surface area (Å²) in [5, 5.41) is 9.36. The van der Waals surface area contributed by atoms with E-state index in [1.807, 2.05) is 0 Å². The zero-order valence-electron chi connectivity index (χ0n) is 9.44. The van der Waals surface area contributed by atoms with Gasteiger partial charge in [0, 0.05) is 18.1 Å². The van der Waals surface area contributed by atoms with Crippen LogP contribution < -0.4 is 0 Å². The second-order valence-electron chi connectivity index (χ2n) is 4.22. The first-order valence-electron chi connectivity index (χ1n) is 5.50. The maximum absolute atomic E-state index is 10.7. The number of hydrogen-bond acceptors (Lipinski definition) is 3. The van der Waals surface area contributed by atoms with Gasteiger partial charge in [0.2, 0.25) is 0 Å². The molecule has 0 amide bonds. The standard InChI is InChI=1S/C11H20O3S/c1-8(11(12)13)7-15-10-5-3-4-9(6-10)14-2/h8-10H,3-7H2,1-2H3,(H,12,13). The molecule has 1 fully saturated rings. The van der Waals surface area contributed by atoms with E-state index in [0.717, 1.165) is 18.6 Å². The van der Waals surface area contributed by atoms with Gasteiger partial charge in [0.05, 0.1) is 12.0 Å². The fourth-order valence-electron chi connectivity index (χ4n) is 1.82. The van der Waals surface area contributed by atoms with E-state index in [0.29, 0.717) is 11.4 Å².